The van der Waals surface area contributed by atoms with Crippen molar-refractivity contribution < 1.29 is 32.6 Å². The van der Waals surface area contributed by atoms with E-state index in [9.17, 15) is 18.4 Å². The Morgan fingerprint density at radius 2 is 1.92 bits per heavy atom. The maximum Gasteiger partial charge on any atom is 0.387 e. The van der Waals surface area contributed by atoms with Gasteiger partial charge in [-0.2, -0.15) is 8.78 Å². The molecule has 25 heavy (non-hydrogen) atoms. The average molecular weight is 356 g/mol. The third-order valence-corrected chi connectivity index (χ3v) is 3.45. The topological polar surface area (TPSA) is 85.9 Å². The van der Waals surface area contributed by atoms with Gasteiger partial charge in [0.1, 0.15) is 12.4 Å². The van der Waals surface area contributed by atoms with Crippen molar-refractivity contribution in [2.45, 2.75) is 19.6 Å². The molecule has 7 nitrogen and oxygen atoms in total. The first-order valence-corrected chi connectivity index (χ1v) is 7.41. The van der Waals surface area contributed by atoms with Crippen LogP contribution in [0.5, 0.6) is 5.75 Å². The van der Waals surface area contributed by atoms with Crippen molar-refractivity contribution in [2.75, 3.05) is 20.3 Å². The SMILES string of the molecule is COCCOC(=O)C1=C(C)NC(=O)N[C@@H]1c1ccc(OC(F)F)cc1. The molecule has 1 aromatic carbocycles. The number of hydrogen-bond donors (Lipinski definition) is 2. The number of alkyl halides is 2. The van der Waals surface area contributed by atoms with E-state index < -0.39 is 24.7 Å². The lowest BCUT2D eigenvalue weighted by atomic mass is 9.95. The smallest absolute Gasteiger partial charge is 0.387 e. The zero-order valence-corrected chi connectivity index (χ0v) is 13.7. The van der Waals surface area contributed by atoms with E-state index in [2.05, 4.69) is 15.4 Å². The van der Waals surface area contributed by atoms with Crippen molar-refractivity contribution in [1.82, 2.24) is 10.6 Å². The van der Waals surface area contributed by atoms with Gasteiger partial charge < -0.3 is 24.8 Å². The summed E-state index contributed by atoms with van der Waals surface area (Å²) >= 11 is 0. The molecule has 1 aromatic rings. The van der Waals surface area contributed by atoms with E-state index in [4.69, 9.17) is 9.47 Å². The lowest BCUT2D eigenvalue weighted by Crippen LogP contribution is -2.45. The van der Waals surface area contributed by atoms with Crippen LogP contribution >= 0.6 is 0 Å². The normalized spacial score (nSPS) is 17.2. The molecule has 0 aromatic heterocycles. The second kappa shape index (κ2) is 8.43. The molecule has 1 aliphatic rings. The van der Waals surface area contributed by atoms with Gasteiger partial charge in [-0.05, 0) is 24.6 Å². The molecule has 0 spiro atoms. The molecule has 2 N–H and O–H groups in total. The van der Waals surface area contributed by atoms with Gasteiger partial charge >= 0.3 is 18.6 Å². The van der Waals surface area contributed by atoms with E-state index in [0.29, 0.717) is 11.3 Å². The zero-order chi connectivity index (χ0) is 18.4. The number of ether oxygens (including phenoxy) is 3. The number of carbonyl (C=O) groups excluding carboxylic acids is 2. The van der Waals surface area contributed by atoms with Gasteiger partial charge in [-0.1, -0.05) is 12.1 Å². The van der Waals surface area contributed by atoms with Gasteiger partial charge in [0.15, 0.2) is 0 Å². The van der Waals surface area contributed by atoms with E-state index in [-0.39, 0.29) is 24.5 Å². The maximum atomic E-state index is 12.3. The molecule has 0 aliphatic carbocycles. The van der Waals surface area contributed by atoms with E-state index in [1.807, 2.05) is 0 Å². The molecular weight excluding hydrogens is 338 g/mol. The summed E-state index contributed by atoms with van der Waals surface area (Å²) in [5.74, 6) is -0.635. The predicted molar refractivity (Wildman–Crippen MR) is 83.0 cm³/mol. The lowest BCUT2D eigenvalue weighted by molar-refractivity contribution is -0.140. The average Bonchev–Trinajstić information content (AvgIpc) is 2.54. The summed E-state index contributed by atoms with van der Waals surface area (Å²) in [6, 6.07) is 4.39. The van der Waals surface area contributed by atoms with Crippen LogP contribution in [0.4, 0.5) is 13.6 Å². The summed E-state index contributed by atoms with van der Waals surface area (Å²) in [6.07, 6.45) is 0. The third-order valence-electron chi connectivity index (χ3n) is 3.45. The van der Waals surface area contributed by atoms with Crippen molar-refractivity contribution in [3.63, 3.8) is 0 Å². The minimum absolute atomic E-state index is 0.0241. The molecule has 0 bridgehead atoms. The number of allylic oxidation sites excluding steroid dienone is 1. The number of nitrogens with one attached hydrogen (secondary N) is 2. The number of hydrogen-bond acceptors (Lipinski definition) is 5. The summed E-state index contributed by atoms with van der Waals surface area (Å²) in [5.41, 5.74) is 1.09. The number of benzene rings is 1. The monoisotopic (exact) mass is 356 g/mol. The van der Waals surface area contributed by atoms with Gasteiger partial charge in [-0.25, -0.2) is 9.59 Å². The van der Waals surface area contributed by atoms with Gasteiger partial charge in [-0.15, -0.1) is 0 Å². The highest BCUT2D eigenvalue weighted by Gasteiger charge is 2.32. The molecule has 0 fully saturated rings. The van der Waals surface area contributed by atoms with Crippen LogP contribution in [0.1, 0.15) is 18.5 Å². The Morgan fingerprint density at radius 3 is 2.52 bits per heavy atom. The number of carbonyl (C=O) groups is 2. The Labute approximate surface area is 142 Å². The molecule has 0 unspecified atom stereocenters. The lowest BCUT2D eigenvalue weighted by Gasteiger charge is -2.28. The van der Waals surface area contributed by atoms with Gasteiger partial charge in [-0.3, -0.25) is 0 Å². The molecule has 0 radical (unpaired) electrons. The number of esters is 1. The summed E-state index contributed by atoms with van der Waals surface area (Å²) in [6.45, 7) is -1.05. The Kier molecular flexibility index (Phi) is 6.29. The van der Waals surface area contributed by atoms with Crippen LogP contribution in [0, 0.1) is 0 Å². The quantitative estimate of drug-likeness (QED) is 0.577. The number of urea groups is 1. The van der Waals surface area contributed by atoms with Crippen molar-refractivity contribution in [3.8, 4) is 5.75 Å². The molecule has 136 valence electrons. The van der Waals surface area contributed by atoms with Crippen LogP contribution in [0.15, 0.2) is 35.5 Å². The standard InChI is InChI=1S/C16H18F2N2O5/c1-9-12(14(21)24-8-7-23-2)13(20-16(22)19-9)10-3-5-11(6-4-10)25-15(17)18/h3-6,13,15H,7-8H2,1-2H3,(H2,19,20,22)/t13-/m1/s1. The summed E-state index contributed by atoms with van der Waals surface area (Å²) < 4.78 is 38.7. The van der Waals surface area contributed by atoms with Crippen LogP contribution < -0.4 is 15.4 Å². The molecule has 9 heteroatoms. The van der Waals surface area contributed by atoms with Crippen molar-refractivity contribution in [1.29, 1.82) is 0 Å². The Balaban J connectivity index is 2.24. The highest BCUT2D eigenvalue weighted by Crippen LogP contribution is 2.29. The molecule has 2 rings (SSSR count). The fourth-order valence-electron chi connectivity index (χ4n) is 2.35. The largest absolute Gasteiger partial charge is 0.460 e. The fraction of sp³-hybridized carbons (Fsp3) is 0.375. The second-order valence-electron chi connectivity index (χ2n) is 5.15. The first-order valence-electron chi connectivity index (χ1n) is 7.41. The summed E-state index contributed by atoms with van der Waals surface area (Å²) in [7, 11) is 1.48. The molecule has 1 aliphatic heterocycles. The molecule has 1 atom stereocenters. The third kappa shape index (κ3) is 4.90. The maximum absolute atomic E-state index is 12.3. The number of methoxy groups -OCH3 is 1. The Bertz CT molecular complexity index is 661. The highest BCUT2D eigenvalue weighted by molar-refractivity contribution is 5.95. The molecule has 2 amide bonds. The van der Waals surface area contributed by atoms with Gasteiger partial charge in [0.25, 0.3) is 0 Å². The Morgan fingerprint density at radius 1 is 1.24 bits per heavy atom. The van der Waals surface area contributed by atoms with E-state index in [0.717, 1.165) is 0 Å². The minimum Gasteiger partial charge on any atom is -0.460 e. The second-order valence-corrected chi connectivity index (χ2v) is 5.15. The molecular formula is C16H18F2N2O5. The van der Waals surface area contributed by atoms with Crippen molar-refractivity contribution in [2.24, 2.45) is 0 Å². The summed E-state index contributed by atoms with van der Waals surface area (Å²) in [4.78, 5) is 24.1. The van der Waals surface area contributed by atoms with Crippen LogP contribution in [0.25, 0.3) is 0 Å². The van der Waals surface area contributed by atoms with E-state index >= 15 is 0 Å². The zero-order valence-electron chi connectivity index (χ0n) is 13.7. The van der Waals surface area contributed by atoms with Gasteiger partial charge in [0, 0.05) is 12.8 Å². The predicted octanol–water partition coefficient (Wildman–Crippen LogP) is 2.11. The van der Waals surface area contributed by atoms with E-state index in [1.54, 1.807) is 6.92 Å². The number of halogens is 2. The first-order chi connectivity index (χ1) is 11.9. The number of rotatable bonds is 7. The summed E-state index contributed by atoms with van der Waals surface area (Å²) in [5, 5.41) is 5.13. The van der Waals surface area contributed by atoms with Crippen LogP contribution in [-0.4, -0.2) is 38.9 Å². The molecule has 0 saturated heterocycles. The highest BCUT2D eigenvalue weighted by atomic mass is 19.3. The van der Waals surface area contributed by atoms with Crippen LogP contribution in [0.2, 0.25) is 0 Å². The van der Waals surface area contributed by atoms with Crippen molar-refractivity contribution >= 4 is 12.0 Å². The van der Waals surface area contributed by atoms with Crippen LogP contribution in [-0.2, 0) is 14.3 Å². The Hall–Kier alpha value is -2.68. The molecule has 0 saturated carbocycles. The van der Waals surface area contributed by atoms with Gasteiger partial charge in [0.05, 0.1) is 18.2 Å². The molecule has 1 heterocycles. The minimum atomic E-state index is -2.93. The van der Waals surface area contributed by atoms with Gasteiger partial charge in [0.2, 0.25) is 0 Å². The van der Waals surface area contributed by atoms with Crippen molar-refractivity contribution in [3.05, 3.63) is 41.1 Å². The van der Waals surface area contributed by atoms with E-state index in [1.165, 1.54) is 31.4 Å². The number of amides is 2. The fourth-order valence-corrected chi connectivity index (χ4v) is 2.35. The first kappa shape index (κ1) is 18.7. The van der Waals surface area contributed by atoms with Crippen LogP contribution in [0.3, 0.4) is 0 Å².